The zero-order chi connectivity index (χ0) is 14.4. The third-order valence-corrected chi connectivity index (χ3v) is 4.30. The Labute approximate surface area is 123 Å². The van der Waals surface area contributed by atoms with Crippen LogP contribution in [-0.4, -0.2) is 37.2 Å². The Morgan fingerprint density at radius 3 is 2.45 bits per heavy atom. The summed E-state index contributed by atoms with van der Waals surface area (Å²) in [4.78, 5) is 2.63. The molecule has 1 aromatic rings. The Morgan fingerprint density at radius 1 is 1.15 bits per heavy atom. The van der Waals surface area contributed by atoms with E-state index in [4.69, 9.17) is 4.74 Å². The van der Waals surface area contributed by atoms with E-state index < -0.39 is 0 Å². The standard InChI is InChI=1S/C17H28N2O/c1-4-16-12-19(17(5-2)10-18-16)11-14-6-8-15(9-7-14)13-20-3/h6-9,16-18H,4-5,10-13H2,1-3H3. The van der Waals surface area contributed by atoms with Crippen LogP contribution in [0.25, 0.3) is 0 Å². The Hall–Kier alpha value is -0.900. The predicted molar refractivity (Wildman–Crippen MR) is 83.7 cm³/mol. The highest BCUT2D eigenvalue weighted by Gasteiger charge is 2.25. The number of piperazine rings is 1. The Balaban J connectivity index is 1.98. The van der Waals surface area contributed by atoms with Crippen LogP contribution in [0.15, 0.2) is 24.3 Å². The van der Waals surface area contributed by atoms with Crippen LogP contribution in [0, 0.1) is 0 Å². The second-order valence-corrected chi connectivity index (χ2v) is 5.75. The predicted octanol–water partition coefficient (Wildman–Crippen LogP) is 2.80. The molecule has 1 fully saturated rings. The molecule has 0 bridgehead atoms. The Bertz CT molecular complexity index is 390. The van der Waals surface area contributed by atoms with Crippen LogP contribution in [0.2, 0.25) is 0 Å². The Morgan fingerprint density at radius 2 is 1.85 bits per heavy atom. The number of methoxy groups -OCH3 is 1. The van der Waals surface area contributed by atoms with Gasteiger partial charge in [0.05, 0.1) is 6.61 Å². The summed E-state index contributed by atoms with van der Waals surface area (Å²) in [5.74, 6) is 0. The maximum Gasteiger partial charge on any atom is 0.0713 e. The van der Waals surface area contributed by atoms with Crippen LogP contribution in [0.3, 0.4) is 0 Å². The van der Waals surface area contributed by atoms with Crippen LogP contribution in [0.1, 0.15) is 37.8 Å². The van der Waals surface area contributed by atoms with E-state index in [-0.39, 0.29) is 0 Å². The first-order chi connectivity index (χ1) is 9.76. The van der Waals surface area contributed by atoms with E-state index in [9.17, 15) is 0 Å². The number of rotatable bonds is 6. The minimum absolute atomic E-state index is 0.644. The molecular formula is C17H28N2O. The average Bonchev–Trinajstić information content (AvgIpc) is 2.49. The first-order valence-corrected chi connectivity index (χ1v) is 7.81. The number of ether oxygens (including phenoxy) is 1. The van der Waals surface area contributed by atoms with Crippen LogP contribution in [-0.2, 0) is 17.9 Å². The van der Waals surface area contributed by atoms with E-state index in [0.29, 0.717) is 18.7 Å². The van der Waals surface area contributed by atoms with Crippen molar-refractivity contribution >= 4 is 0 Å². The van der Waals surface area contributed by atoms with E-state index in [1.165, 1.54) is 24.0 Å². The van der Waals surface area contributed by atoms with Gasteiger partial charge < -0.3 is 10.1 Å². The van der Waals surface area contributed by atoms with Gasteiger partial charge in [0.2, 0.25) is 0 Å². The van der Waals surface area contributed by atoms with Gasteiger partial charge in [-0.1, -0.05) is 38.1 Å². The lowest BCUT2D eigenvalue weighted by molar-refractivity contribution is 0.117. The molecule has 1 heterocycles. The lowest BCUT2D eigenvalue weighted by Gasteiger charge is -2.40. The fourth-order valence-electron chi connectivity index (χ4n) is 2.94. The quantitative estimate of drug-likeness (QED) is 0.864. The molecule has 2 atom stereocenters. The lowest BCUT2D eigenvalue weighted by atomic mass is 10.0. The molecule has 0 aliphatic carbocycles. The van der Waals surface area contributed by atoms with Crippen LogP contribution < -0.4 is 5.32 Å². The van der Waals surface area contributed by atoms with Crippen molar-refractivity contribution in [1.29, 1.82) is 0 Å². The van der Waals surface area contributed by atoms with Crippen molar-refractivity contribution < 1.29 is 4.74 Å². The second-order valence-electron chi connectivity index (χ2n) is 5.75. The van der Waals surface area contributed by atoms with E-state index in [2.05, 4.69) is 48.3 Å². The molecule has 112 valence electrons. The molecule has 0 spiro atoms. The molecule has 0 amide bonds. The number of nitrogens with one attached hydrogen (secondary N) is 1. The van der Waals surface area contributed by atoms with Gasteiger partial charge >= 0.3 is 0 Å². The third kappa shape index (κ3) is 4.05. The number of hydrogen-bond acceptors (Lipinski definition) is 3. The monoisotopic (exact) mass is 276 g/mol. The minimum Gasteiger partial charge on any atom is -0.380 e. The van der Waals surface area contributed by atoms with Crippen molar-refractivity contribution in [3.05, 3.63) is 35.4 Å². The van der Waals surface area contributed by atoms with Crippen molar-refractivity contribution in [3.63, 3.8) is 0 Å². The molecule has 1 saturated heterocycles. The molecule has 0 radical (unpaired) electrons. The molecule has 1 aromatic carbocycles. The van der Waals surface area contributed by atoms with Crippen molar-refractivity contribution in [1.82, 2.24) is 10.2 Å². The summed E-state index contributed by atoms with van der Waals surface area (Å²) in [6.45, 7) is 8.59. The minimum atomic E-state index is 0.644. The molecule has 1 aliphatic rings. The van der Waals surface area contributed by atoms with Gasteiger partial charge in [-0.25, -0.2) is 0 Å². The van der Waals surface area contributed by atoms with Gasteiger partial charge in [0.15, 0.2) is 0 Å². The summed E-state index contributed by atoms with van der Waals surface area (Å²) in [6.07, 6.45) is 2.42. The van der Waals surface area contributed by atoms with Gasteiger partial charge in [-0.2, -0.15) is 0 Å². The molecule has 2 rings (SSSR count). The summed E-state index contributed by atoms with van der Waals surface area (Å²) in [5, 5.41) is 3.65. The molecule has 2 unspecified atom stereocenters. The van der Waals surface area contributed by atoms with E-state index >= 15 is 0 Å². The SMILES string of the molecule is CCC1CN(Cc2ccc(COC)cc2)C(CC)CN1. The first kappa shape index (κ1) is 15.5. The summed E-state index contributed by atoms with van der Waals surface area (Å²) in [7, 11) is 1.74. The van der Waals surface area contributed by atoms with E-state index in [1.54, 1.807) is 7.11 Å². The highest BCUT2D eigenvalue weighted by Crippen LogP contribution is 2.16. The molecule has 1 aliphatic heterocycles. The van der Waals surface area contributed by atoms with Crippen LogP contribution >= 0.6 is 0 Å². The molecule has 0 aromatic heterocycles. The zero-order valence-electron chi connectivity index (χ0n) is 13.1. The topological polar surface area (TPSA) is 24.5 Å². The summed E-state index contributed by atoms with van der Waals surface area (Å²) in [6, 6.07) is 10.1. The molecular weight excluding hydrogens is 248 g/mol. The van der Waals surface area contributed by atoms with Gasteiger partial charge in [0.25, 0.3) is 0 Å². The molecule has 3 nitrogen and oxygen atoms in total. The van der Waals surface area contributed by atoms with E-state index in [0.717, 1.165) is 19.6 Å². The molecule has 0 saturated carbocycles. The van der Waals surface area contributed by atoms with Gasteiger partial charge in [-0.3, -0.25) is 4.90 Å². The Kier molecular flexibility index (Phi) is 6.02. The number of benzene rings is 1. The second kappa shape index (κ2) is 7.77. The maximum atomic E-state index is 5.16. The molecule has 3 heteroatoms. The highest BCUT2D eigenvalue weighted by atomic mass is 16.5. The van der Waals surface area contributed by atoms with Gasteiger partial charge in [-0.05, 0) is 24.0 Å². The summed E-state index contributed by atoms with van der Waals surface area (Å²) < 4.78 is 5.16. The van der Waals surface area contributed by atoms with Gasteiger partial charge in [0.1, 0.15) is 0 Å². The van der Waals surface area contributed by atoms with Crippen LogP contribution in [0.4, 0.5) is 0 Å². The normalized spacial score (nSPS) is 23.9. The summed E-state index contributed by atoms with van der Waals surface area (Å²) >= 11 is 0. The van der Waals surface area contributed by atoms with E-state index in [1.807, 2.05) is 0 Å². The van der Waals surface area contributed by atoms with Crippen molar-refractivity contribution in [2.75, 3.05) is 20.2 Å². The first-order valence-electron chi connectivity index (χ1n) is 7.81. The fraction of sp³-hybridized carbons (Fsp3) is 0.647. The molecule has 20 heavy (non-hydrogen) atoms. The van der Waals surface area contributed by atoms with Crippen molar-refractivity contribution in [3.8, 4) is 0 Å². The highest BCUT2D eigenvalue weighted by molar-refractivity contribution is 5.22. The average molecular weight is 276 g/mol. The summed E-state index contributed by atoms with van der Waals surface area (Å²) in [5.41, 5.74) is 2.65. The fourth-order valence-corrected chi connectivity index (χ4v) is 2.94. The largest absolute Gasteiger partial charge is 0.380 e. The van der Waals surface area contributed by atoms with Crippen molar-refractivity contribution in [2.45, 2.75) is 51.9 Å². The third-order valence-electron chi connectivity index (χ3n) is 4.30. The van der Waals surface area contributed by atoms with Crippen molar-refractivity contribution in [2.24, 2.45) is 0 Å². The van der Waals surface area contributed by atoms with Gasteiger partial charge in [-0.15, -0.1) is 0 Å². The smallest absolute Gasteiger partial charge is 0.0713 e. The number of nitrogens with zero attached hydrogens (tertiary/aromatic N) is 1. The van der Waals surface area contributed by atoms with Crippen LogP contribution in [0.5, 0.6) is 0 Å². The zero-order valence-corrected chi connectivity index (χ0v) is 13.1. The lowest BCUT2D eigenvalue weighted by Crippen LogP contribution is -2.55. The number of hydrogen-bond donors (Lipinski definition) is 1. The maximum absolute atomic E-state index is 5.16. The van der Waals surface area contributed by atoms with Gasteiger partial charge in [0, 0.05) is 38.8 Å². The molecule has 1 N–H and O–H groups in total.